The van der Waals surface area contributed by atoms with Crippen LogP contribution in [0.2, 0.25) is 0 Å². The van der Waals surface area contributed by atoms with Crippen molar-refractivity contribution in [3.8, 4) is 5.75 Å². The van der Waals surface area contributed by atoms with Gasteiger partial charge in [-0.1, -0.05) is 13.0 Å². The fourth-order valence-electron chi connectivity index (χ4n) is 3.83. The molecule has 2 amide bonds. The number of rotatable bonds is 6. The molecule has 0 spiro atoms. The van der Waals surface area contributed by atoms with E-state index >= 15 is 0 Å². The number of thiophene rings is 1. The van der Waals surface area contributed by atoms with Crippen LogP contribution in [0.25, 0.3) is 5.57 Å². The van der Waals surface area contributed by atoms with Crippen molar-refractivity contribution in [2.24, 2.45) is 0 Å². The third kappa shape index (κ3) is 3.68. The molecule has 1 aromatic heterocycles. The van der Waals surface area contributed by atoms with Crippen LogP contribution in [0.15, 0.2) is 47.5 Å². The topological polar surface area (TPSA) is 53.1 Å². The number of carbonyl (C=O) groups excluding carboxylic acids is 2. The van der Waals surface area contributed by atoms with Gasteiger partial charge < -0.3 is 14.5 Å². The number of amides is 2. The normalized spacial score (nSPS) is 18.1. The van der Waals surface area contributed by atoms with Crippen molar-refractivity contribution in [2.45, 2.75) is 13.8 Å². The molecule has 0 bridgehead atoms. The average Bonchev–Trinajstić information content (AvgIpc) is 3.35. The minimum absolute atomic E-state index is 0.243. The molecule has 0 N–H and O–H groups in total. The van der Waals surface area contributed by atoms with Crippen molar-refractivity contribution in [1.82, 2.24) is 9.80 Å². The first-order valence-corrected chi connectivity index (χ1v) is 10.9. The number of anilines is 1. The van der Waals surface area contributed by atoms with Crippen molar-refractivity contribution in [1.29, 1.82) is 0 Å². The monoisotopic (exact) mass is 411 g/mol. The van der Waals surface area contributed by atoms with Gasteiger partial charge in [0, 0.05) is 31.1 Å². The molecule has 152 valence electrons. The van der Waals surface area contributed by atoms with E-state index in [1.165, 1.54) is 16.2 Å². The first kappa shape index (κ1) is 19.7. The molecule has 0 unspecified atom stereocenters. The molecule has 6 nitrogen and oxygen atoms in total. The van der Waals surface area contributed by atoms with Crippen LogP contribution in [0.4, 0.5) is 5.69 Å². The molecule has 2 aromatic rings. The highest BCUT2D eigenvalue weighted by Crippen LogP contribution is 2.37. The van der Waals surface area contributed by atoms with Gasteiger partial charge in [0.05, 0.1) is 17.9 Å². The molecule has 0 atom stereocenters. The van der Waals surface area contributed by atoms with Crippen LogP contribution < -0.4 is 9.64 Å². The summed E-state index contributed by atoms with van der Waals surface area (Å²) in [6, 6.07) is 11.0. The highest BCUT2D eigenvalue weighted by Gasteiger charge is 2.43. The van der Waals surface area contributed by atoms with E-state index in [-0.39, 0.29) is 11.8 Å². The van der Waals surface area contributed by atoms with Crippen molar-refractivity contribution in [2.75, 3.05) is 44.2 Å². The Balaban J connectivity index is 1.68. The summed E-state index contributed by atoms with van der Waals surface area (Å²) in [5, 5.41) is 1.94. The van der Waals surface area contributed by atoms with Gasteiger partial charge in [-0.15, -0.1) is 11.3 Å². The Morgan fingerprint density at radius 3 is 2.28 bits per heavy atom. The Morgan fingerprint density at radius 2 is 1.69 bits per heavy atom. The molecular weight excluding hydrogens is 386 g/mol. The van der Waals surface area contributed by atoms with E-state index in [4.69, 9.17) is 4.74 Å². The van der Waals surface area contributed by atoms with Crippen molar-refractivity contribution in [3.05, 3.63) is 52.4 Å². The lowest BCUT2D eigenvalue weighted by atomic mass is 10.1. The molecular formula is C22H25N3O3S. The Labute approximate surface area is 175 Å². The Bertz CT molecular complexity index is 913. The minimum atomic E-state index is -0.255. The molecule has 2 aliphatic heterocycles. The molecule has 1 saturated heterocycles. The number of piperazine rings is 1. The summed E-state index contributed by atoms with van der Waals surface area (Å²) in [5.41, 5.74) is 1.62. The van der Waals surface area contributed by atoms with E-state index in [1.807, 2.05) is 24.4 Å². The maximum absolute atomic E-state index is 13.4. The molecule has 7 heteroatoms. The summed E-state index contributed by atoms with van der Waals surface area (Å²) < 4.78 is 5.48. The van der Waals surface area contributed by atoms with Gasteiger partial charge in [0.2, 0.25) is 0 Å². The second kappa shape index (κ2) is 8.39. The van der Waals surface area contributed by atoms with Gasteiger partial charge >= 0.3 is 0 Å². The first-order valence-electron chi connectivity index (χ1n) is 10.0. The van der Waals surface area contributed by atoms with Crippen molar-refractivity contribution >= 4 is 34.4 Å². The largest absolute Gasteiger partial charge is 0.494 e. The average molecular weight is 412 g/mol. The summed E-state index contributed by atoms with van der Waals surface area (Å²) in [4.78, 5) is 33.4. The summed E-state index contributed by atoms with van der Waals surface area (Å²) in [7, 11) is 0. The van der Waals surface area contributed by atoms with E-state index in [9.17, 15) is 9.59 Å². The number of hydrogen-bond donors (Lipinski definition) is 0. The van der Waals surface area contributed by atoms with E-state index in [1.54, 1.807) is 24.3 Å². The van der Waals surface area contributed by atoms with Gasteiger partial charge in [0.1, 0.15) is 11.4 Å². The van der Waals surface area contributed by atoms with E-state index in [2.05, 4.69) is 16.7 Å². The van der Waals surface area contributed by atoms with Crippen LogP contribution in [-0.2, 0) is 9.59 Å². The second-order valence-corrected chi connectivity index (χ2v) is 7.94. The highest BCUT2D eigenvalue weighted by molar-refractivity contribution is 7.11. The molecule has 1 fully saturated rings. The van der Waals surface area contributed by atoms with Crippen LogP contribution >= 0.6 is 11.3 Å². The predicted molar refractivity (Wildman–Crippen MR) is 115 cm³/mol. The van der Waals surface area contributed by atoms with Crippen LogP contribution in [-0.4, -0.2) is 60.9 Å². The fraction of sp³-hybridized carbons (Fsp3) is 0.364. The maximum atomic E-state index is 13.4. The third-order valence-corrected chi connectivity index (χ3v) is 6.26. The molecule has 29 heavy (non-hydrogen) atoms. The number of nitrogens with zero attached hydrogens (tertiary/aromatic N) is 3. The van der Waals surface area contributed by atoms with Crippen LogP contribution in [0.5, 0.6) is 5.75 Å². The second-order valence-electron chi connectivity index (χ2n) is 6.99. The lowest BCUT2D eigenvalue weighted by Crippen LogP contribution is -2.47. The SMILES string of the molecule is CCOc1ccc(N2C(=O)C(c3cccs3)=C(N3CCN(CC)CC3)C2=O)cc1. The van der Waals surface area contributed by atoms with Gasteiger partial charge in [-0.25, -0.2) is 4.90 Å². The van der Waals surface area contributed by atoms with Crippen LogP contribution in [0, 0.1) is 0 Å². The number of hydrogen-bond acceptors (Lipinski definition) is 6. The summed E-state index contributed by atoms with van der Waals surface area (Å²) in [6.45, 7) is 8.90. The summed E-state index contributed by atoms with van der Waals surface area (Å²) in [6.07, 6.45) is 0. The predicted octanol–water partition coefficient (Wildman–Crippen LogP) is 3.07. The zero-order valence-electron chi connectivity index (χ0n) is 16.8. The third-order valence-electron chi connectivity index (χ3n) is 5.37. The molecule has 1 aromatic carbocycles. The quantitative estimate of drug-likeness (QED) is 0.684. The molecule has 2 aliphatic rings. The minimum Gasteiger partial charge on any atom is -0.494 e. The molecule has 0 radical (unpaired) electrons. The van der Waals surface area contributed by atoms with Crippen molar-refractivity contribution in [3.63, 3.8) is 0 Å². The smallest absolute Gasteiger partial charge is 0.282 e. The number of carbonyl (C=O) groups is 2. The number of benzene rings is 1. The maximum Gasteiger partial charge on any atom is 0.282 e. The Morgan fingerprint density at radius 1 is 0.966 bits per heavy atom. The molecule has 4 rings (SSSR count). The zero-order chi connectivity index (χ0) is 20.4. The van der Waals surface area contributed by atoms with E-state index in [0.717, 1.165) is 43.4 Å². The fourth-order valence-corrected chi connectivity index (χ4v) is 4.60. The molecule has 0 saturated carbocycles. The summed E-state index contributed by atoms with van der Waals surface area (Å²) in [5.74, 6) is 0.222. The van der Waals surface area contributed by atoms with E-state index < -0.39 is 0 Å². The molecule has 3 heterocycles. The number of imide groups is 1. The van der Waals surface area contributed by atoms with Crippen LogP contribution in [0.1, 0.15) is 18.7 Å². The van der Waals surface area contributed by atoms with Crippen molar-refractivity contribution < 1.29 is 14.3 Å². The Kier molecular flexibility index (Phi) is 5.69. The number of likely N-dealkylation sites (N-methyl/N-ethyl adjacent to an activating group) is 1. The lowest BCUT2D eigenvalue weighted by Gasteiger charge is -2.35. The van der Waals surface area contributed by atoms with Crippen LogP contribution in [0.3, 0.4) is 0 Å². The Hall–Kier alpha value is -2.64. The zero-order valence-corrected chi connectivity index (χ0v) is 17.6. The van der Waals surface area contributed by atoms with Gasteiger partial charge in [-0.2, -0.15) is 0 Å². The van der Waals surface area contributed by atoms with Gasteiger partial charge in [-0.3, -0.25) is 9.59 Å². The molecule has 0 aliphatic carbocycles. The number of ether oxygens (including phenoxy) is 1. The standard InChI is InChI=1S/C22H25N3O3S/c1-3-23-11-13-24(14-12-23)20-19(18-6-5-15-29-18)21(26)25(22(20)27)16-7-9-17(10-8-16)28-4-2/h5-10,15H,3-4,11-14H2,1-2H3. The summed E-state index contributed by atoms with van der Waals surface area (Å²) >= 11 is 1.49. The van der Waals surface area contributed by atoms with Gasteiger partial charge in [-0.05, 0) is 49.2 Å². The first-order chi connectivity index (χ1) is 14.1. The van der Waals surface area contributed by atoms with E-state index in [0.29, 0.717) is 23.6 Å². The highest BCUT2D eigenvalue weighted by atomic mass is 32.1. The van der Waals surface area contributed by atoms with Gasteiger partial charge in [0.15, 0.2) is 0 Å². The lowest BCUT2D eigenvalue weighted by molar-refractivity contribution is -0.120. The van der Waals surface area contributed by atoms with Gasteiger partial charge in [0.25, 0.3) is 11.8 Å².